The van der Waals surface area contributed by atoms with Crippen LogP contribution in [0.3, 0.4) is 0 Å². The third-order valence-corrected chi connectivity index (χ3v) is 5.91. The molecule has 0 bridgehead atoms. The molecule has 0 atom stereocenters. The molecular weight excluding hydrogens is 443 g/mol. The number of benzene rings is 2. The minimum atomic E-state index is -4.41. The summed E-state index contributed by atoms with van der Waals surface area (Å²) in [7, 11) is 0. The normalized spacial score (nSPS) is 14.2. The van der Waals surface area contributed by atoms with Gasteiger partial charge in [0.05, 0.1) is 29.6 Å². The zero-order valence-electron chi connectivity index (χ0n) is 18.2. The van der Waals surface area contributed by atoms with E-state index in [2.05, 4.69) is 32.1 Å². The zero-order chi connectivity index (χ0) is 23.7. The fourth-order valence-electron chi connectivity index (χ4n) is 4.17. The molecule has 0 amide bonds. The number of hydrogen-bond acceptors (Lipinski definition) is 4. The molecule has 174 valence electrons. The second-order valence-corrected chi connectivity index (χ2v) is 8.41. The number of H-pyrrole nitrogens is 1. The quantitative estimate of drug-likeness (QED) is 0.478. The summed E-state index contributed by atoms with van der Waals surface area (Å²) in [5.74, 6) is 0.285. The Hall–Kier alpha value is -3.72. The summed E-state index contributed by atoms with van der Waals surface area (Å²) in [4.78, 5) is 22.2. The number of halogens is 3. The van der Waals surface area contributed by atoms with Crippen LogP contribution in [0, 0.1) is 0 Å². The van der Waals surface area contributed by atoms with E-state index in [4.69, 9.17) is 0 Å². The highest BCUT2D eigenvalue weighted by molar-refractivity contribution is 5.56. The van der Waals surface area contributed by atoms with E-state index in [0.717, 1.165) is 24.2 Å². The van der Waals surface area contributed by atoms with E-state index in [9.17, 15) is 18.0 Å². The standard InChI is InChI=1S/C25H22F3N5O/c26-25(27,28)20-8-6-19(7-9-20)23-30-22-10-11-32(16-21(22)24(34)31-23)13-18-12-29-33(15-18)14-17-4-2-1-3-5-17/h1-9,12,15H,10-11,13-14,16H2,(H,30,31,34). The molecular formula is C25H22F3N5O. The van der Waals surface area contributed by atoms with Crippen LogP contribution in [0.2, 0.25) is 0 Å². The van der Waals surface area contributed by atoms with Crippen molar-refractivity contribution in [1.29, 1.82) is 0 Å². The van der Waals surface area contributed by atoms with E-state index < -0.39 is 11.7 Å². The number of alkyl halides is 3. The number of nitrogens with zero attached hydrogens (tertiary/aromatic N) is 4. The summed E-state index contributed by atoms with van der Waals surface area (Å²) in [6.45, 7) is 2.53. The summed E-state index contributed by atoms with van der Waals surface area (Å²) in [5.41, 5.74) is 2.97. The molecule has 0 saturated carbocycles. The van der Waals surface area contributed by atoms with Crippen molar-refractivity contribution in [1.82, 2.24) is 24.6 Å². The average Bonchev–Trinajstić information content (AvgIpc) is 3.26. The van der Waals surface area contributed by atoms with E-state index in [0.29, 0.717) is 42.9 Å². The molecule has 3 heterocycles. The van der Waals surface area contributed by atoms with Gasteiger partial charge in [0.2, 0.25) is 0 Å². The molecule has 1 aliphatic rings. The molecule has 1 aliphatic heterocycles. The predicted octanol–water partition coefficient (Wildman–Crippen LogP) is 4.26. The van der Waals surface area contributed by atoms with Crippen molar-refractivity contribution in [2.75, 3.05) is 6.54 Å². The smallest absolute Gasteiger partial charge is 0.306 e. The van der Waals surface area contributed by atoms with Crippen LogP contribution in [0.1, 0.15) is 27.9 Å². The Balaban J connectivity index is 1.28. The van der Waals surface area contributed by atoms with Gasteiger partial charge in [0.25, 0.3) is 5.56 Å². The highest BCUT2D eigenvalue weighted by Crippen LogP contribution is 2.30. The highest BCUT2D eigenvalue weighted by Gasteiger charge is 2.30. The molecule has 2 aromatic heterocycles. The number of rotatable bonds is 5. The van der Waals surface area contributed by atoms with Crippen molar-refractivity contribution in [3.8, 4) is 11.4 Å². The number of aromatic nitrogens is 4. The Morgan fingerprint density at radius 2 is 1.74 bits per heavy atom. The molecule has 0 radical (unpaired) electrons. The van der Waals surface area contributed by atoms with Crippen LogP contribution >= 0.6 is 0 Å². The van der Waals surface area contributed by atoms with Crippen molar-refractivity contribution in [2.24, 2.45) is 0 Å². The Bertz CT molecular complexity index is 1340. The van der Waals surface area contributed by atoms with Crippen LogP contribution < -0.4 is 5.56 Å². The van der Waals surface area contributed by atoms with E-state index in [1.54, 1.807) is 0 Å². The highest BCUT2D eigenvalue weighted by atomic mass is 19.4. The fraction of sp³-hybridized carbons (Fsp3) is 0.240. The molecule has 34 heavy (non-hydrogen) atoms. The lowest BCUT2D eigenvalue weighted by Crippen LogP contribution is -2.35. The second-order valence-electron chi connectivity index (χ2n) is 8.41. The van der Waals surface area contributed by atoms with Crippen molar-refractivity contribution in [3.63, 3.8) is 0 Å². The van der Waals surface area contributed by atoms with Crippen LogP contribution in [0.5, 0.6) is 0 Å². The van der Waals surface area contributed by atoms with Gasteiger partial charge in [0, 0.05) is 43.4 Å². The molecule has 6 nitrogen and oxygen atoms in total. The monoisotopic (exact) mass is 465 g/mol. The van der Waals surface area contributed by atoms with Gasteiger partial charge in [-0.3, -0.25) is 14.4 Å². The Kier molecular flexibility index (Phi) is 5.79. The van der Waals surface area contributed by atoms with Crippen molar-refractivity contribution in [2.45, 2.75) is 32.2 Å². The number of fused-ring (bicyclic) bond motifs is 1. The van der Waals surface area contributed by atoms with Gasteiger partial charge in [-0.1, -0.05) is 42.5 Å². The van der Waals surface area contributed by atoms with E-state index in [1.165, 1.54) is 17.7 Å². The van der Waals surface area contributed by atoms with Crippen LogP contribution in [0.25, 0.3) is 11.4 Å². The molecule has 0 aliphatic carbocycles. The Morgan fingerprint density at radius 1 is 0.971 bits per heavy atom. The topological polar surface area (TPSA) is 66.8 Å². The molecule has 4 aromatic rings. The second kappa shape index (κ2) is 8.90. The molecule has 5 rings (SSSR count). The molecule has 0 unspecified atom stereocenters. The van der Waals surface area contributed by atoms with Crippen LogP contribution in [0.4, 0.5) is 13.2 Å². The van der Waals surface area contributed by atoms with E-state index in [-0.39, 0.29) is 11.4 Å². The molecule has 9 heteroatoms. The maximum absolute atomic E-state index is 12.8. The lowest BCUT2D eigenvalue weighted by atomic mass is 10.1. The first-order valence-corrected chi connectivity index (χ1v) is 10.9. The minimum Gasteiger partial charge on any atom is -0.306 e. The summed E-state index contributed by atoms with van der Waals surface area (Å²) < 4.78 is 40.4. The molecule has 0 saturated heterocycles. The SMILES string of the molecule is O=c1[nH]c(-c2ccc(C(F)(F)F)cc2)nc2c1CN(Cc1cnn(Cc3ccccc3)c1)CC2. The lowest BCUT2D eigenvalue weighted by molar-refractivity contribution is -0.137. The molecule has 0 fully saturated rings. The third kappa shape index (κ3) is 4.79. The average molecular weight is 465 g/mol. The van der Waals surface area contributed by atoms with Gasteiger partial charge in [0.15, 0.2) is 0 Å². The van der Waals surface area contributed by atoms with Crippen LogP contribution in [-0.2, 0) is 32.2 Å². The first kappa shape index (κ1) is 22.1. The third-order valence-electron chi connectivity index (χ3n) is 5.91. The summed E-state index contributed by atoms with van der Waals surface area (Å²) in [6.07, 6.45) is 0.0368. The maximum atomic E-state index is 12.8. The minimum absolute atomic E-state index is 0.260. The number of aromatic amines is 1. The van der Waals surface area contributed by atoms with Gasteiger partial charge in [-0.15, -0.1) is 0 Å². The first-order chi connectivity index (χ1) is 16.3. The van der Waals surface area contributed by atoms with Crippen molar-refractivity contribution >= 4 is 0 Å². The Labute approximate surface area is 193 Å². The lowest BCUT2D eigenvalue weighted by Gasteiger charge is -2.27. The maximum Gasteiger partial charge on any atom is 0.416 e. The zero-order valence-corrected chi connectivity index (χ0v) is 18.2. The van der Waals surface area contributed by atoms with Gasteiger partial charge in [-0.25, -0.2) is 4.98 Å². The van der Waals surface area contributed by atoms with Crippen LogP contribution in [0.15, 0.2) is 71.8 Å². The van der Waals surface area contributed by atoms with Gasteiger partial charge >= 0.3 is 6.18 Å². The first-order valence-electron chi connectivity index (χ1n) is 10.9. The van der Waals surface area contributed by atoms with Gasteiger partial charge in [0.1, 0.15) is 5.82 Å². The van der Waals surface area contributed by atoms with Gasteiger partial charge in [-0.2, -0.15) is 18.3 Å². The summed E-state index contributed by atoms with van der Waals surface area (Å²) in [5, 5.41) is 4.44. The van der Waals surface area contributed by atoms with Gasteiger partial charge in [-0.05, 0) is 17.7 Å². The number of hydrogen-bond donors (Lipinski definition) is 1. The molecule has 1 N–H and O–H groups in total. The van der Waals surface area contributed by atoms with Crippen molar-refractivity contribution < 1.29 is 13.2 Å². The molecule has 2 aromatic carbocycles. The van der Waals surface area contributed by atoms with E-state index in [1.807, 2.05) is 35.3 Å². The Morgan fingerprint density at radius 3 is 2.47 bits per heavy atom. The number of nitrogens with one attached hydrogen (secondary N) is 1. The van der Waals surface area contributed by atoms with Crippen molar-refractivity contribution in [3.05, 3.63) is 105 Å². The predicted molar refractivity (Wildman–Crippen MR) is 121 cm³/mol. The van der Waals surface area contributed by atoms with Gasteiger partial charge < -0.3 is 4.98 Å². The fourth-order valence-corrected chi connectivity index (χ4v) is 4.17. The van der Waals surface area contributed by atoms with Crippen LogP contribution in [-0.4, -0.2) is 31.2 Å². The van der Waals surface area contributed by atoms with E-state index >= 15 is 0 Å². The summed E-state index contributed by atoms with van der Waals surface area (Å²) in [6, 6.07) is 14.7. The molecule has 0 spiro atoms. The summed E-state index contributed by atoms with van der Waals surface area (Å²) >= 11 is 0. The largest absolute Gasteiger partial charge is 0.416 e.